The molecular weight excluding hydrogens is 370 g/mol. The number of nitrogens with zero attached hydrogens (tertiary/aromatic N) is 2. The van der Waals surface area contributed by atoms with E-state index in [1.807, 2.05) is 42.5 Å². The number of ether oxygens (including phenoxy) is 2. The van der Waals surface area contributed by atoms with E-state index in [1.165, 1.54) is 0 Å². The van der Waals surface area contributed by atoms with Gasteiger partial charge in [0.15, 0.2) is 11.5 Å². The maximum absolute atomic E-state index is 12.3. The van der Waals surface area contributed by atoms with Crippen molar-refractivity contribution in [3.63, 3.8) is 0 Å². The van der Waals surface area contributed by atoms with Gasteiger partial charge < -0.3 is 24.6 Å². The number of carbonyl (C=O) groups is 2. The van der Waals surface area contributed by atoms with Crippen molar-refractivity contribution in [3.8, 4) is 11.5 Å². The normalized spacial score (nSPS) is 13.7. The van der Waals surface area contributed by atoms with E-state index in [0.717, 1.165) is 49.5 Å². The van der Waals surface area contributed by atoms with Gasteiger partial charge in [0.25, 0.3) is 0 Å². The molecule has 2 amide bonds. The molecule has 1 fully saturated rings. The summed E-state index contributed by atoms with van der Waals surface area (Å²) in [6.45, 7) is 3.10. The van der Waals surface area contributed by atoms with Crippen LogP contribution in [0.5, 0.6) is 11.5 Å². The molecule has 29 heavy (non-hydrogen) atoms. The molecule has 0 saturated carbocycles. The minimum Gasteiger partial charge on any atom is -0.493 e. The summed E-state index contributed by atoms with van der Waals surface area (Å²) in [5.74, 6) is 1.30. The fourth-order valence-corrected chi connectivity index (χ4v) is 3.36. The molecule has 3 rings (SSSR count). The highest BCUT2D eigenvalue weighted by atomic mass is 16.5. The molecule has 7 nitrogen and oxygen atoms in total. The highest BCUT2D eigenvalue weighted by Gasteiger charge is 2.15. The smallest absolute Gasteiger partial charge is 0.224 e. The molecule has 1 saturated heterocycles. The number of aryl methyl sites for hydroxylation is 1. The highest BCUT2D eigenvalue weighted by Crippen LogP contribution is 2.28. The van der Waals surface area contributed by atoms with Crippen molar-refractivity contribution in [1.82, 2.24) is 4.90 Å². The van der Waals surface area contributed by atoms with Gasteiger partial charge in [-0.15, -0.1) is 0 Å². The van der Waals surface area contributed by atoms with Crippen LogP contribution in [0, 0.1) is 0 Å². The molecule has 1 aliphatic rings. The Bertz CT molecular complexity index is 830. The Morgan fingerprint density at radius 3 is 2.31 bits per heavy atom. The van der Waals surface area contributed by atoms with Gasteiger partial charge in [0.1, 0.15) is 0 Å². The third-order valence-electron chi connectivity index (χ3n) is 5.07. The van der Waals surface area contributed by atoms with Crippen LogP contribution >= 0.6 is 0 Å². The van der Waals surface area contributed by atoms with Gasteiger partial charge in [-0.3, -0.25) is 9.59 Å². The van der Waals surface area contributed by atoms with Crippen LogP contribution in [0.2, 0.25) is 0 Å². The Morgan fingerprint density at radius 2 is 1.69 bits per heavy atom. The fraction of sp³-hybridized carbons (Fsp3) is 0.364. The number of piperazine rings is 1. The molecule has 0 spiro atoms. The van der Waals surface area contributed by atoms with E-state index in [9.17, 15) is 9.59 Å². The molecule has 7 heteroatoms. The summed E-state index contributed by atoms with van der Waals surface area (Å²) in [4.78, 5) is 27.1. The molecule has 0 bridgehead atoms. The first-order valence-electron chi connectivity index (χ1n) is 9.68. The van der Waals surface area contributed by atoms with Crippen molar-refractivity contribution in [2.75, 3.05) is 50.6 Å². The molecule has 0 aliphatic carbocycles. The minimum atomic E-state index is -0.0351. The number of nitrogens with one attached hydrogen (secondary N) is 1. The zero-order chi connectivity index (χ0) is 20.6. The first kappa shape index (κ1) is 20.5. The van der Waals surface area contributed by atoms with Gasteiger partial charge in [0.2, 0.25) is 12.3 Å². The molecule has 1 aliphatic heterocycles. The van der Waals surface area contributed by atoms with E-state index in [1.54, 1.807) is 19.1 Å². The lowest BCUT2D eigenvalue weighted by Crippen LogP contribution is -2.45. The second-order valence-corrected chi connectivity index (χ2v) is 6.91. The molecule has 0 radical (unpaired) electrons. The fourth-order valence-electron chi connectivity index (χ4n) is 3.36. The van der Waals surface area contributed by atoms with Crippen LogP contribution in [-0.2, 0) is 16.0 Å². The van der Waals surface area contributed by atoms with E-state index in [0.29, 0.717) is 24.3 Å². The lowest BCUT2D eigenvalue weighted by atomic mass is 10.1. The standard InChI is InChI=1S/C22H27N3O4/c1-28-20-9-3-17(15-21(20)29-2)4-10-22(27)23-18-5-7-19(8-6-18)25-13-11-24(16-26)12-14-25/h3,5-9,15-16H,4,10-14H2,1-2H3,(H,23,27). The summed E-state index contributed by atoms with van der Waals surface area (Å²) in [7, 11) is 3.20. The van der Waals surface area contributed by atoms with Crippen LogP contribution in [0.4, 0.5) is 11.4 Å². The summed E-state index contributed by atoms with van der Waals surface area (Å²) in [6.07, 6.45) is 1.90. The van der Waals surface area contributed by atoms with Crippen LogP contribution in [0.3, 0.4) is 0 Å². The maximum Gasteiger partial charge on any atom is 0.224 e. The van der Waals surface area contributed by atoms with Crippen molar-refractivity contribution in [1.29, 1.82) is 0 Å². The summed E-state index contributed by atoms with van der Waals surface area (Å²) < 4.78 is 10.5. The lowest BCUT2D eigenvalue weighted by molar-refractivity contribution is -0.118. The van der Waals surface area contributed by atoms with Crippen molar-refractivity contribution in [2.45, 2.75) is 12.8 Å². The van der Waals surface area contributed by atoms with Crippen LogP contribution in [0.1, 0.15) is 12.0 Å². The molecule has 0 unspecified atom stereocenters. The Balaban J connectivity index is 1.50. The molecule has 2 aromatic carbocycles. The molecule has 0 aromatic heterocycles. The van der Waals surface area contributed by atoms with Crippen molar-refractivity contribution < 1.29 is 19.1 Å². The van der Waals surface area contributed by atoms with Crippen LogP contribution in [0.25, 0.3) is 0 Å². The zero-order valence-electron chi connectivity index (χ0n) is 16.9. The van der Waals surface area contributed by atoms with E-state index < -0.39 is 0 Å². The summed E-state index contributed by atoms with van der Waals surface area (Å²) in [5.41, 5.74) is 2.89. The van der Waals surface area contributed by atoms with E-state index in [-0.39, 0.29) is 5.91 Å². The van der Waals surface area contributed by atoms with Gasteiger partial charge in [-0.25, -0.2) is 0 Å². The second-order valence-electron chi connectivity index (χ2n) is 6.91. The molecular formula is C22H27N3O4. The number of hydrogen-bond acceptors (Lipinski definition) is 5. The topological polar surface area (TPSA) is 71.1 Å². The number of rotatable bonds is 8. The van der Waals surface area contributed by atoms with Crippen molar-refractivity contribution in [2.24, 2.45) is 0 Å². The van der Waals surface area contributed by atoms with Crippen LogP contribution in [-0.4, -0.2) is 57.6 Å². The summed E-state index contributed by atoms with van der Waals surface area (Å²) in [6, 6.07) is 13.5. The SMILES string of the molecule is COc1ccc(CCC(=O)Nc2ccc(N3CCN(C=O)CC3)cc2)cc1OC. The minimum absolute atomic E-state index is 0.0351. The van der Waals surface area contributed by atoms with E-state index in [4.69, 9.17) is 9.47 Å². The Morgan fingerprint density at radius 1 is 1.00 bits per heavy atom. The Kier molecular flexibility index (Phi) is 6.94. The number of carbonyl (C=O) groups excluding carboxylic acids is 2. The lowest BCUT2D eigenvalue weighted by Gasteiger charge is -2.34. The summed E-state index contributed by atoms with van der Waals surface area (Å²) >= 11 is 0. The molecule has 2 aromatic rings. The number of methoxy groups -OCH3 is 2. The average molecular weight is 397 g/mol. The third-order valence-corrected chi connectivity index (χ3v) is 5.07. The predicted molar refractivity (Wildman–Crippen MR) is 113 cm³/mol. The molecule has 0 atom stereocenters. The second kappa shape index (κ2) is 9.82. The first-order valence-corrected chi connectivity index (χ1v) is 9.68. The number of benzene rings is 2. The van der Waals surface area contributed by atoms with Crippen molar-refractivity contribution >= 4 is 23.7 Å². The first-order chi connectivity index (χ1) is 14.1. The van der Waals surface area contributed by atoms with Gasteiger partial charge in [0, 0.05) is 44.0 Å². The Labute approximate surface area is 171 Å². The predicted octanol–water partition coefficient (Wildman–Crippen LogP) is 2.55. The summed E-state index contributed by atoms with van der Waals surface area (Å²) in [5, 5.41) is 2.94. The molecule has 1 N–H and O–H groups in total. The Hall–Kier alpha value is -3.22. The number of hydrogen-bond donors (Lipinski definition) is 1. The van der Waals surface area contributed by atoms with Crippen LogP contribution < -0.4 is 19.7 Å². The maximum atomic E-state index is 12.3. The van der Waals surface area contributed by atoms with Gasteiger partial charge in [-0.1, -0.05) is 6.07 Å². The largest absolute Gasteiger partial charge is 0.493 e. The van der Waals surface area contributed by atoms with E-state index >= 15 is 0 Å². The van der Waals surface area contributed by atoms with Gasteiger partial charge in [0.05, 0.1) is 14.2 Å². The third kappa shape index (κ3) is 5.40. The number of amides is 2. The van der Waals surface area contributed by atoms with Crippen LogP contribution in [0.15, 0.2) is 42.5 Å². The van der Waals surface area contributed by atoms with Gasteiger partial charge in [-0.05, 0) is 48.4 Å². The van der Waals surface area contributed by atoms with Crippen molar-refractivity contribution in [3.05, 3.63) is 48.0 Å². The zero-order valence-corrected chi connectivity index (χ0v) is 16.9. The monoisotopic (exact) mass is 397 g/mol. The average Bonchev–Trinajstić information content (AvgIpc) is 2.78. The quantitative estimate of drug-likeness (QED) is 0.693. The van der Waals surface area contributed by atoms with Gasteiger partial charge in [-0.2, -0.15) is 0 Å². The molecule has 154 valence electrons. The number of anilines is 2. The molecule has 1 heterocycles. The highest BCUT2D eigenvalue weighted by molar-refractivity contribution is 5.91. The van der Waals surface area contributed by atoms with E-state index in [2.05, 4.69) is 10.2 Å². The van der Waals surface area contributed by atoms with Gasteiger partial charge >= 0.3 is 0 Å².